The second-order valence-electron chi connectivity index (χ2n) is 14.8. The molecule has 0 bridgehead atoms. The molecule has 0 amide bonds. The summed E-state index contributed by atoms with van der Waals surface area (Å²) in [5, 5.41) is 11.0. The van der Waals surface area contributed by atoms with Crippen LogP contribution in [-0.4, -0.2) is 37.4 Å². The first-order valence-corrected chi connectivity index (χ1v) is 14.8. The van der Waals surface area contributed by atoms with Gasteiger partial charge in [0.2, 0.25) is 0 Å². The zero-order valence-electron chi connectivity index (χ0n) is 24.3. The lowest BCUT2D eigenvalue weighted by Gasteiger charge is -2.72. The van der Waals surface area contributed by atoms with Gasteiger partial charge in [0, 0.05) is 0 Å². The standard InChI is InChI=1S/C32H50O5/c1-19(2)20-11-16-31(26(34)36-7)17-18-32(27(35)37-8)21(25(20)31)9-10-23-29(5)14-13-24(33)28(3,4)22(29)12-15-30(23,32)6/h20-25,33H,1,9-18H2,2-8H3/t20-,21+,22-,23+,24?,25+,29-,30+,31-,32+/m0/s1. The largest absolute Gasteiger partial charge is 0.469 e. The van der Waals surface area contributed by atoms with Crippen LogP contribution >= 0.6 is 0 Å². The quantitative estimate of drug-likeness (QED) is 0.352. The van der Waals surface area contributed by atoms with Gasteiger partial charge in [0.05, 0.1) is 31.2 Å². The molecular formula is C32H50O5. The summed E-state index contributed by atoms with van der Waals surface area (Å²) in [7, 11) is 3.07. The molecule has 0 heterocycles. The lowest BCUT2D eigenvalue weighted by molar-refractivity contribution is -0.256. The maximum atomic E-state index is 14.2. The lowest BCUT2D eigenvalue weighted by atomic mass is 9.32. The summed E-state index contributed by atoms with van der Waals surface area (Å²) in [5.74, 6) is 1.04. The van der Waals surface area contributed by atoms with Gasteiger partial charge in [-0.1, -0.05) is 39.8 Å². The van der Waals surface area contributed by atoms with E-state index in [1.807, 2.05) is 0 Å². The Morgan fingerprint density at radius 2 is 1.49 bits per heavy atom. The summed E-state index contributed by atoms with van der Waals surface area (Å²) >= 11 is 0. The molecule has 37 heavy (non-hydrogen) atoms. The number of rotatable bonds is 3. The molecular weight excluding hydrogens is 464 g/mol. The van der Waals surface area contributed by atoms with Crippen LogP contribution in [0.4, 0.5) is 0 Å². The highest BCUT2D eigenvalue weighted by Crippen LogP contribution is 2.78. The predicted molar refractivity (Wildman–Crippen MR) is 143 cm³/mol. The molecule has 0 aromatic rings. The van der Waals surface area contributed by atoms with Crippen molar-refractivity contribution in [2.45, 2.75) is 105 Å². The van der Waals surface area contributed by atoms with Crippen LogP contribution in [0.25, 0.3) is 0 Å². The number of hydrogen-bond donors (Lipinski definition) is 1. The fourth-order valence-corrected chi connectivity index (χ4v) is 12.0. The molecule has 0 radical (unpaired) electrons. The first-order valence-electron chi connectivity index (χ1n) is 14.8. The van der Waals surface area contributed by atoms with Gasteiger partial charge in [0.25, 0.3) is 0 Å². The van der Waals surface area contributed by atoms with E-state index in [0.717, 1.165) is 56.9 Å². The Bertz CT molecular complexity index is 986. The second-order valence-corrected chi connectivity index (χ2v) is 14.8. The number of methoxy groups -OCH3 is 2. The molecule has 0 aromatic heterocycles. The summed E-state index contributed by atoms with van der Waals surface area (Å²) in [6.07, 6.45) is 8.70. The number of fused-ring (bicyclic) bond motifs is 7. The second kappa shape index (κ2) is 8.57. The summed E-state index contributed by atoms with van der Waals surface area (Å²) in [5.41, 5.74) is -0.283. The molecule has 1 unspecified atom stereocenters. The number of aliphatic hydroxyl groups is 1. The fourth-order valence-electron chi connectivity index (χ4n) is 12.0. The van der Waals surface area contributed by atoms with Crippen molar-refractivity contribution in [1.29, 1.82) is 0 Å². The average Bonchev–Trinajstić information content (AvgIpc) is 3.26. The number of hydrogen-bond acceptors (Lipinski definition) is 5. The van der Waals surface area contributed by atoms with Gasteiger partial charge in [-0.2, -0.15) is 0 Å². The maximum absolute atomic E-state index is 14.2. The zero-order valence-corrected chi connectivity index (χ0v) is 24.3. The first-order chi connectivity index (χ1) is 17.3. The van der Waals surface area contributed by atoms with Crippen molar-refractivity contribution in [3.05, 3.63) is 12.2 Å². The fraction of sp³-hybridized carbons (Fsp3) is 0.875. The van der Waals surface area contributed by atoms with E-state index in [9.17, 15) is 14.7 Å². The summed E-state index contributed by atoms with van der Waals surface area (Å²) in [6.45, 7) is 15.8. The number of ether oxygens (including phenoxy) is 2. The monoisotopic (exact) mass is 514 g/mol. The summed E-state index contributed by atoms with van der Waals surface area (Å²) in [4.78, 5) is 27.7. The average molecular weight is 515 g/mol. The molecule has 1 N–H and O–H groups in total. The van der Waals surface area contributed by atoms with Crippen molar-refractivity contribution in [3.8, 4) is 0 Å². The molecule has 5 fully saturated rings. The number of carbonyl (C=O) groups excluding carboxylic acids is 2. The molecule has 208 valence electrons. The molecule has 0 aromatic carbocycles. The number of esters is 2. The molecule has 0 aliphatic heterocycles. The Morgan fingerprint density at radius 3 is 2.11 bits per heavy atom. The van der Waals surface area contributed by atoms with Crippen LogP contribution < -0.4 is 0 Å². The summed E-state index contributed by atoms with van der Waals surface area (Å²) < 4.78 is 11.2. The third kappa shape index (κ3) is 3.19. The van der Waals surface area contributed by atoms with E-state index in [1.54, 1.807) is 7.11 Å². The Hall–Kier alpha value is -1.36. The van der Waals surface area contributed by atoms with Crippen LogP contribution in [0.3, 0.4) is 0 Å². The molecule has 5 heteroatoms. The minimum atomic E-state index is -0.612. The van der Waals surface area contributed by atoms with Crippen molar-refractivity contribution < 1.29 is 24.2 Å². The van der Waals surface area contributed by atoms with Gasteiger partial charge in [-0.3, -0.25) is 9.59 Å². The predicted octanol–water partition coefficient (Wildman–Crippen LogP) is 6.33. The number of aliphatic hydroxyl groups excluding tert-OH is 1. The molecule has 0 saturated heterocycles. The van der Waals surface area contributed by atoms with Gasteiger partial charge < -0.3 is 14.6 Å². The normalized spacial score (nSPS) is 50.1. The van der Waals surface area contributed by atoms with Crippen molar-refractivity contribution >= 4 is 11.9 Å². The minimum Gasteiger partial charge on any atom is -0.469 e. The number of carbonyl (C=O) groups is 2. The molecule has 0 spiro atoms. The van der Waals surface area contributed by atoms with E-state index < -0.39 is 10.8 Å². The third-order valence-corrected chi connectivity index (χ3v) is 13.6. The van der Waals surface area contributed by atoms with E-state index in [4.69, 9.17) is 9.47 Å². The van der Waals surface area contributed by atoms with E-state index in [1.165, 1.54) is 7.11 Å². The van der Waals surface area contributed by atoms with E-state index in [0.29, 0.717) is 24.7 Å². The first kappa shape index (κ1) is 27.2. The molecule has 5 rings (SSSR count). The van der Waals surface area contributed by atoms with Crippen molar-refractivity contribution in [2.75, 3.05) is 14.2 Å². The van der Waals surface area contributed by atoms with Crippen molar-refractivity contribution in [3.63, 3.8) is 0 Å². The molecule has 5 aliphatic carbocycles. The molecule has 5 aliphatic rings. The van der Waals surface area contributed by atoms with Crippen LogP contribution in [0.5, 0.6) is 0 Å². The zero-order chi connectivity index (χ0) is 27.2. The van der Waals surface area contributed by atoms with Crippen LogP contribution in [0.15, 0.2) is 12.2 Å². The Morgan fingerprint density at radius 1 is 0.811 bits per heavy atom. The van der Waals surface area contributed by atoms with Gasteiger partial charge in [-0.15, -0.1) is 0 Å². The van der Waals surface area contributed by atoms with Gasteiger partial charge in [0.15, 0.2) is 0 Å². The smallest absolute Gasteiger partial charge is 0.312 e. The van der Waals surface area contributed by atoms with Crippen LogP contribution in [0, 0.1) is 56.7 Å². The third-order valence-electron chi connectivity index (χ3n) is 13.6. The number of allylic oxidation sites excluding steroid dienone is 1. The Labute approximate surface area is 224 Å². The SMILES string of the molecule is C=C(C)[C@@H]1CC[C@]2(C(=O)OC)CC[C@]3(C(=O)OC)[C@H](CC[C@@H]4[C@@]5(C)CCC(O)C(C)(C)[C@@H]5CC[C@]43C)[C@@H]12. The Balaban J connectivity index is 1.65. The highest BCUT2D eigenvalue weighted by atomic mass is 16.5. The van der Waals surface area contributed by atoms with Crippen LogP contribution in [0.2, 0.25) is 0 Å². The van der Waals surface area contributed by atoms with Gasteiger partial charge in [0.1, 0.15) is 0 Å². The van der Waals surface area contributed by atoms with E-state index in [-0.39, 0.29) is 52.0 Å². The molecule has 10 atom stereocenters. The van der Waals surface area contributed by atoms with Crippen LogP contribution in [-0.2, 0) is 19.1 Å². The summed E-state index contributed by atoms with van der Waals surface area (Å²) in [6, 6.07) is 0. The highest BCUT2D eigenvalue weighted by Gasteiger charge is 2.76. The van der Waals surface area contributed by atoms with Crippen molar-refractivity contribution in [2.24, 2.45) is 56.7 Å². The highest BCUT2D eigenvalue weighted by molar-refractivity contribution is 5.82. The van der Waals surface area contributed by atoms with Gasteiger partial charge in [-0.05, 0) is 117 Å². The van der Waals surface area contributed by atoms with Crippen molar-refractivity contribution in [1.82, 2.24) is 0 Å². The van der Waals surface area contributed by atoms with Gasteiger partial charge >= 0.3 is 11.9 Å². The Kier molecular flexibility index (Phi) is 6.30. The minimum absolute atomic E-state index is 0.0623. The lowest BCUT2D eigenvalue weighted by Crippen LogP contribution is -2.70. The van der Waals surface area contributed by atoms with Gasteiger partial charge in [-0.25, -0.2) is 0 Å². The van der Waals surface area contributed by atoms with E-state index >= 15 is 0 Å². The maximum Gasteiger partial charge on any atom is 0.312 e. The van der Waals surface area contributed by atoms with E-state index in [2.05, 4.69) is 41.2 Å². The molecule has 5 saturated carbocycles. The topological polar surface area (TPSA) is 72.8 Å². The van der Waals surface area contributed by atoms with Crippen LogP contribution in [0.1, 0.15) is 98.8 Å². The molecule has 5 nitrogen and oxygen atoms in total.